The van der Waals surface area contributed by atoms with Gasteiger partial charge in [0.1, 0.15) is 22.8 Å². The van der Waals surface area contributed by atoms with Crippen LogP contribution in [0.25, 0.3) is 10.8 Å². The minimum Gasteiger partial charge on any atom is -0.508 e. The second kappa shape index (κ2) is 5.92. The summed E-state index contributed by atoms with van der Waals surface area (Å²) in [4.78, 5) is 36.9. The van der Waals surface area contributed by atoms with Gasteiger partial charge in [-0.15, -0.1) is 0 Å². The zero-order valence-electron chi connectivity index (χ0n) is 14.2. The first-order valence-electron chi connectivity index (χ1n) is 8.28. The highest BCUT2D eigenvalue weighted by molar-refractivity contribution is 14.1. The monoisotopic (exact) mass is 495 g/mol. The highest BCUT2D eigenvalue weighted by Gasteiger charge is 2.57. The van der Waals surface area contributed by atoms with Crippen molar-refractivity contribution in [1.82, 2.24) is 0 Å². The molecule has 4 rings (SSSR count). The number of aliphatic hydroxyl groups excluding tert-OH is 1. The number of halogens is 1. The summed E-state index contributed by atoms with van der Waals surface area (Å²) in [6, 6.07) is 4.62. The summed E-state index contributed by atoms with van der Waals surface area (Å²) < 4.78 is 0.718. The number of fused-ring (bicyclic) bond motifs is 3. The second-order valence-corrected chi connectivity index (χ2v) is 8.12. The van der Waals surface area contributed by atoms with E-state index in [-0.39, 0.29) is 29.5 Å². The third-order valence-electron chi connectivity index (χ3n) is 5.47. The van der Waals surface area contributed by atoms with Crippen LogP contribution in [0.5, 0.6) is 11.5 Å². The molecule has 2 aromatic carbocycles. The Hall–Kier alpha value is -2.66. The molecule has 0 aromatic heterocycles. The molecule has 0 fully saturated rings. The largest absolute Gasteiger partial charge is 0.508 e. The van der Waals surface area contributed by atoms with E-state index in [0.29, 0.717) is 10.9 Å². The van der Waals surface area contributed by atoms with Crippen molar-refractivity contribution in [2.75, 3.05) is 0 Å². The number of carbonyl (C=O) groups is 3. The second-order valence-electron chi connectivity index (χ2n) is 6.96. The fraction of sp³-hybridized carbons (Fsp3) is 0.211. The summed E-state index contributed by atoms with van der Waals surface area (Å²) >= 11 is 2.02. The fourth-order valence-corrected chi connectivity index (χ4v) is 4.73. The van der Waals surface area contributed by atoms with E-state index in [1.165, 1.54) is 6.07 Å². The number of carbonyl (C=O) groups excluding carboxylic acids is 3. The smallest absolute Gasteiger partial charge is 0.255 e. The first-order valence-corrected chi connectivity index (χ1v) is 9.36. The van der Waals surface area contributed by atoms with E-state index in [9.17, 15) is 34.8 Å². The average Bonchev–Trinajstić information content (AvgIpc) is 2.61. The van der Waals surface area contributed by atoms with Crippen LogP contribution in [0.15, 0.2) is 29.5 Å². The Morgan fingerprint density at radius 1 is 1.18 bits per heavy atom. The highest BCUT2D eigenvalue weighted by Crippen LogP contribution is 2.49. The molecule has 0 aliphatic heterocycles. The number of Topliss-reactive ketones (excluding diaryl/α,β-unsaturated/α-hetero) is 2. The van der Waals surface area contributed by atoms with Gasteiger partial charge in [0.2, 0.25) is 5.78 Å². The number of aliphatic hydroxyl groups is 2. The standard InChI is InChI=1S/C19H14INO7/c20-9-1-2-10(22)13-8(9)4-6-3-7-5-11(23)14(18(21)27)17(26)19(7,28)16(25)12(6)15(13)24/h1-2,4,7,22,24,26,28H,3,5H2,(H2,21,27)/t7-,19-/m0/s1. The maximum absolute atomic E-state index is 13.2. The van der Waals surface area contributed by atoms with Gasteiger partial charge in [0.15, 0.2) is 11.4 Å². The molecule has 28 heavy (non-hydrogen) atoms. The van der Waals surface area contributed by atoms with Gasteiger partial charge in [0.05, 0.1) is 10.9 Å². The molecule has 2 atom stereocenters. The van der Waals surface area contributed by atoms with Gasteiger partial charge in [-0.05, 0) is 52.8 Å². The van der Waals surface area contributed by atoms with Crippen LogP contribution in [0.4, 0.5) is 0 Å². The van der Waals surface area contributed by atoms with Crippen molar-refractivity contribution in [2.45, 2.75) is 18.4 Å². The predicted molar refractivity (Wildman–Crippen MR) is 105 cm³/mol. The number of rotatable bonds is 1. The third-order valence-corrected chi connectivity index (χ3v) is 6.41. The molecule has 2 aromatic rings. The van der Waals surface area contributed by atoms with Gasteiger partial charge in [-0.25, -0.2) is 0 Å². The summed E-state index contributed by atoms with van der Waals surface area (Å²) in [5, 5.41) is 42.9. The summed E-state index contributed by atoms with van der Waals surface area (Å²) in [5.41, 5.74) is 1.85. The zero-order valence-corrected chi connectivity index (χ0v) is 16.4. The molecule has 0 bridgehead atoms. The van der Waals surface area contributed by atoms with Crippen LogP contribution in [-0.2, 0) is 16.0 Å². The molecule has 1 amide bonds. The Labute approximate surface area is 171 Å². The first-order chi connectivity index (χ1) is 13.1. The number of hydrogen-bond acceptors (Lipinski definition) is 7. The molecule has 0 spiro atoms. The molecule has 6 N–H and O–H groups in total. The zero-order chi connectivity index (χ0) is 20.5. The number of phenols is 2. The van der Waals surface area contributed by atoms with Gasteiger partial charge in [-0.1, -0.05) is 0 Å². The number of aromatic hydroxyl groups is 2. The Morgan fingerprint density at radius 3 is 2.50 bits per heavy atom. The van der Waals surface area contributed by atoms with E-state index in [1.54, 1.807) is 12.1 Å². The van der Waals surface area contributed by atoms with Crippen LogP contribution in [0.3, 0.4) is 0 Å². The molecule has 0 radical (unpaired) electrons. The van der Waals surface area contributed by atoms with E-state index < -0.39 is 46.1 Å². The van der Waals surface area contributed by atoms with Crippen LogP contribution in [0.1, 0.15) is 22.3 Å². The highest BCUT2D eigenvalue weighted by atomic mass is 127. The molecular weight excluding hydrogens is 481 g/mol. The topological polar surface area (TPSA) is 158 Å². The molecule has 0 saturated heterocycles. The predicted octanol–water partition coefficient (Wildman–Crippen LogP) is 1.21. The van der Waals surface area contributed by atoms with Crippen molar-refractivity contribution in [3.05, 3.63) is 44.2 Å². The molecular formula is C19H14INO7. The number of primary amides is 1. The number of ketones is 2. The van der Waals surface area contributed by atoms with Gasteiger partial charge in [0, 0.05) is 21.3 Å². The lowest BCUT2D eigenvalue weighted by Crippen LogP contribution is -2.56. The average molecular weight is 495 g/mol. The Balaban J connectivity index is 2.04. The van der Waals surface area contributed by atoms with Crippen molar-refractivity contribution < 1.29 is 34.8 Å². The fourth-order valence-electron chi connectivity index (χ4n) is 4.12. The molecule has 2 aliphatic rings. The molecule has 0 unspecified atom stereocenters. The maximum atomic E-state index is 13.2. The normalized spacial score (nSPS) is 24.3. The Bertz CT molecular complexity index is 1150. The lowest BCUT2D eigenvalue weighted by Gasteiger charge is -2.41. The Kier molecular flexibility index (Phi) is 3.95. The van der Waals surface area contributed by atoms with Crippen molar-refractivity contribution >= 4 is 50.8 Å². The van der Waals surface area contributed by atoms with Crippen LogP contribution < -0.4 is 5.73 Å². The molecule has 2 aliphatic carbocycles. The lowest BCUT2D eigenvalue weighted by atomic mass is 9.64. The van der Waals surface area contributed by atoms with Gasteiger partial charge in [-0.3, -0.25) is 14.4 Å². The van der Waals surface area contributed by atoms with Crippen molar-refractivity contribution in [3.63, 3.8) is 0 Å². The quantitative estimate of drug-likeness (QED) is 0.294. The van der Waals surface area contributed by atoms with Crippen LogP contribution >= 0.6 is 22.6 Å². The van der Waals surface area contributed by atoms with Crippen molar-refractivity contribution in [2.24, 2.45) is 11.7 Å². The van der Waals surface area contributed by atoms with Gasteiger partial charge in [-0.2, -0.15) is 0 Å². The van der Waals surface area contributed by atoms with Crippen LogP contribution in [0, 0.1) is 9.49 Å². The summed E-state index contributed by atoms with van der Waals surface area (Å²) in [5.74, 6) is -5.96. The minimum atomic E-state index is -2.56. The molecule has 9 heteroatoms. The van der Waals surface area contributed by atoms with E-state index in [4.69, 9.17) is 5.73 Å². The molecule has 0 saturated carbocycles. The van der Waals surface area contributed by atoms with Crippen molar-refractivity contribution in [3.8, 4) is 11.5 Å². The van der Waals surface area contributed by atoms with Crippen molar-refractivity contribution in [1.29, 1.82) is 0 Å². The SMILES string of the molecule is NC(=O)C1=C(O)[C@@]2(O)C(=O)c3c(cc4c(I)ccc(O)c4c3O)C[C@H]2CC1=O. The Morgan fingerprint density at radius 2 is 1.86 bits per heavy atom. The van der Waals surface area contributed by atoms with Crippen LogP contribution in [-0.4, -0.2) is 43.5 Å². The third kappa shape index (κ3) is 2.23. The van der Waals surface area contributed by atoms with E-state index >= 15 is 0 Å². The summed E-state index contributed by atoms with van der Waals surface area (Å²) in [7, 11) is 0. The van der Waals surface area contributed by atoms with E-state index in [0.717, 1.165) is 3.57 Å². The number of hydrogen-bond donors (Lipinski definition) is 5. The summed E-state index contributed by atoms with van der Waals surface area (Å²) in [6.07, 6.45) is -0.366. The molecule has 0 heterocycles. The number of phenolic OH excluding ortho intramolecular Hbond substituents is 2. The number of amides is 1. The lowest BCUT2D eigenvalue weighted by molar-refractivity contribution is -0.125. The van der Waals surface area contributed by atoms with Gasteiger partial charge in [0.25, 0.3) is 5.91 Å². The number of nitrogens with two attached hydrogens (primary N) is 1. The van der Waals surface area contributed by atoms with E-state index in [1.807, 2.05) is 22.6 Å². The first kappa shape index (κ1) is 18.7. The maximum Gasteiger partial charge on any atom is 0.255 e. The van der Waals surface area contributed by atoms with Gasteiger partial charge >= 0.3 is 0 Å². The minimum absolute atomic E-state index is 0.00531. The molecule has 144 valence electrons. The van der Waals surface area contributed by atoms with E-state index in [2.05, 4.69) is 0 Å². The molecule has 8 nitrogen and oxygen atoms in total. The number of benzene rings is 2. The van der Waals surface area contributed by atoms with Crippen LogP contribution in [0.2, 0.25) is 0 Å². The van der Waals surface area contributed by atoms with Gasteiger partial charge < -0.3 is 26.2 Å². The summed E-state index contributed by atoms with van der Waals surface area (Å²) in [6.45, 7) is 0.